The molecule has 1 aliphatic heterocycles. The lowest BCUT2D eigenvalue weighted by atomic mass is 10.2. The summed E-state index contributed by atoms with van der Waals surface area (Å²) in [7, 11) is 0. The minimum absolute atomic E-state index is 0.234. The topological polar surface area (TPSA) is 69.4 Å². The van der Waals surface area contributed by atoms with Crippen molar-refractivity contribution in [2.75, 3.05) is 11.9 Å². The van der Waals surface area contributed by atoms with Gasteiger partial charge in [-0.05, 0) is 42.8 Å². The summed E-state index contributed by atoms with van der Waals surface area (Å²) in [4.78, 5) is 4.34. The Kier molecular flexibility index (Phi) is 3.97. The normalized spacial score (nSPS) is 15.8. The maximum Gasteiger partial charge on any atom is 0.271 e. The molecule has 2 aromatic carbocycles. The predicted octanol–water partition coefficient (Wildman–Crippen LogP) is 3.64. The van der Waals surface area contributed by atoms with Crippen LogP contribution in [0.15, 0.2) is 47.0 Å². The predicted molar refractivity (Wildman–Crippen MR) is 88.1 cm³/mol. The molecule has 3 aromatic rings. The van der Waals surface area contributed by atoms with E-state index < -0.39 is 6.10 Å². The number of hydrogen-bond donors (Lipinski definition) is 1. The number of aromatic nitrogens is 2. The Hall–Kier alpha value is -3.09. The largest absolute Gasteiger partial charge is 0.485 e. The molecule has 1 unspecified atom stereocenters. The lowest BCUT2D eigenvalue weighted by molar-refractivity contribution is 0.0665. The highest BCUT2D eigenvalue weighted by Crippen LogP contribution is 2.35. The van der Waals surface area contributed by atoms with E-state index in [-0.39, 0.29) is 5.82 Å². The number of aryl methyl sites for hydroxylation is 1. The first kappa shape index (κ1) is 15.4. The Morgan fingerprint density at radius 3 is 2.88 bits per heavy atom. The summed E-state index contributed by atoms with van der Waals surface area (Å²) < 4.78 is 30.1. The number of fused-ring (bicyclic) bond motifs is 1. The monoisotopic (exact) mass is 341 g/mol. The number of halogens is 1. The van der Waals surface area contributed by atoms with Crippen LogP contribution in [0.3, 0.4) is 0 Å². The summed E-state index contributed by atoms with van der Waals surface area (Å²) in [5.74, 6) is 1.97. The third-order valence-electron chi connectivity index (χ3n) is 3.88. The number of para-hydroxylation sites is 2. The lowest BCUT2D eigenvalue weighted by Crippen LogP contribution is -2.21. The molecule has 128 valence electrons. The van der Waals surface area contributed by atoms with Crippen LogP contribution in [-0.4, -0.2) is 16.7 Å². The smallest absolute Gasteiger partial charge is 0.271 e. The molecule has 2 heterocycles. The molecular formula is C18H16FN3O3. The van der Waals surface area contributed by atoms with Crippen molar-refractivity contribution in [2.45, 2.75) is 19.6 Å². The van der Waals surface area contributed by atoms with Gasteiger partial charge in [-0.25, -0.2) is 4.39 Å². The van der Waals surface area contributed by atoms with E-state index in [0.29, 0.717) is 41.9 Å². The van der Waals surface area contributed by atoms with Gasteiger partial charge in [-0.15, -0.1) is 0 Å². The number of nitrogens with zero attached hydrogens (tertiary/aromatic N) is 2. The van der Waals surface area contributed by atoms with E-state index in [1.54, 1.807) is 19.1 Å². The van der Waals surface area contributed by atoms with Crippen LogP contribution in [0.25, 0.3) is 0 Å². The number of benzene rings is 2. The molecule has 1 aromatic heterocycles. The molecule has 0 amide bonds. The molecule has 0 saturated heterocycles. The van der Waals surface area contributed by atoms with E-state index in [4.69, 9.17) is 14.0 Å². The molecule has 7 heteroatoms. The molecule has 1 aliphatic rings. The SMILES string of the molecule is Cc1cc(NCc2noc(C3COc4ccccc4O3)n2)ccc1F. The van der Waals surface area contributed by atoms with Crippen LogP contribution in [0.2, 0.25) is 0 Å². The molecule has 25 heavy (non-hydrogen) atoms. The van der Waals surface area contributed by atoms with Gasteiger partial charge >= 0.3 is 0 Å². The highest BCUT2D eigenvalue weighted by molar-refractivity contribution is 5.46. The van der Waals surface area contributed by atoms with Crippen molar-refractivity contribution in [1.29, 1.82) is 0 Å². The Morgan fingerprint density at radius 2 is 2.04 bits per heavy atom. The van der Waals surface area contributed by atoms with Crippen molar-refractivity contribution >= 4 is 5.69 Å². The quantitative estimate of drug-likeness (QED) is 0.781. The first-order chi connectivity index (χ1) is 12.2. The number of ether oxygens (including phenoxy) is 2. The third-order valence-corrected chi connectivity index (χ3v) is 3.88. The number of hydrogen-bond acceptors (Lipinski definition) is 6. The van der Waals surface area contributed by atoms with Crippen molar-refractivity contribution < 1.29 is 18.4 Å². The summed E-state index contributed by atoms with van der Waals surface area (Å²) in [6, 6.07) is 12.2. The summed E-state index contributed by atoms with van der Waals surface area (Å²) in [5, 5.41) is 7.08. The van der Waals surface area contributed by atoms with Crippen molar-refractivity contribution in [3.63, 3.8) is 0 Å². The second-order valence-electron chi connectivity index (χ2n) is 5.73. The summed E-state index contributed by atoms with van der Waals surface area (Å²) >= 11 is 0. The number of anilines is 1. The van der Waals surface area contributed by atoms with Crippen LogP contribution in [0.5, 0.6) is 11.5 Å². The van der Waals surface area contributed by atoms with Gasteiger partial charge in [-0.1, -0.05) is 17.3 Å². The van der Waals surface area contributed by atoms with Crippen LogP contribution < -0.4 is 14.8 Å². The highest BCUT2D eigenvalue weighted by Gasteiger charge is 2.27. The Labute approximate surface area is 143 Å². The van der Waals surface area contributed by atoms with Crippen molar-refractivity contribution in [3.8, 4) is 11.5 Å². The van der Waals surface area contributed by atoms with Crippen LogP contribution in [-0.2, 0) is 6.54 Å². The maximum atomic E-state index is 13.3. The fourth-order valence-corrected chi connectivity index (χ4v) is 2.55. The first-order valence-corrected chi connectivity index (χ1v) is 7.90. The van der Waals surface area contributed by atoms with Gasteiger partial charge in [-0.2, -0.15) is 4.98 Å². The second-order valence-corrected chi connectivity index (χ2v) is 5.73. The standard InChI is InChI=1S/C18H16FN3O3/c1-11-8-12(6-7-13(11)19)20-9-17-21-18(25-22-17)16-10-23-14-4-2-3-5-15(14)24-16/h2-8,16,20H,9-10H2,1H3. The molecule has 0 aliphatic carbocycles. The van der Waals surface area contributed by atoms with Gasteiger partial charge in [0.1, 0.15) is 12.4 Å². The van der Waals surface area contributed by atoms with E-state index in [0.717, 1.165) is 5.69 Å². The summed E-state index contributed by atoms with van der Waals surface area (Å²) in [6.07, 6.45) is -0.441. The van der Waals surface area contributed by atoms with Crippen LogP contribution in [0.4, 0.5) is 10.1 Å². The van der Waals surface area contributed by atoms with Crippen LogP contribution in [0.1, 0.15) is 23.4 Å². The number of nitrogens with one attached hydrogen (secondary N) is 1. The average molecular weight is 341 g/mol. The fraction of sp³-hybridized carbons (Fsp3) is 0.222. The van der Waals surface area contributed by atoms with E-state index >= 15 is 0 Å². The Balaban J connectivity index is 1.41. The van der Waals surface area contributed by atoms with Gasteiger partial charge in [0.05, 0.1) is 6.54 Å². The molecule has 0 bridgehead atoms. The van der Waals surface area contributed by atoms with E-state index in [2.05, 4.69) is 15.5 Å². The molecular weight excluding hydrogens is 325 g/mol. The Morgan fingerprint density at radius 1 is 1.20 bits per heavy atom. The molecule has 0 saturated carbocycles. The molecule has 4 rings (SSSR count). The maximum absolute atomic E-state index is 13.3. The molecule has 0 spiro atoms. The zero-order chi connectivity index (χ0) is 17.2. The molecule has 0 fully saturated rings. The number of rotatable bonds is 4. The van der Waals surface area contributed by atoms with Gasteiger partial charge < -0.3 is 19.3 Å². The molecule has 1 N–H and O–H groups in total. The second kappa shape index (κ2) is 6.43. The third kappa shape index (κ3) is 3.26. The fourth-order valence-electron chi connectivity index (χ4n) is 2.55. The highest BCUT2D eigenvalue weighted by atomic mass is 19.1. The van der Waals surface area contributed by atoms with Gasteiger partial charge in [0.2, 0.25) is 6.10 Å². The zero-order valence-corrected chi connectivity index (χ0v) is 13.5. The van der Waals surface area contributed by atoms with Gasteiger partial charge in [0.15, 0.2) is 17.3 Å². The zero-order valence-electron chi connectivity index (χ0n) is 13.5. The average Bonchev–Trinajstić information content (AvgIpc) is 3.11. The van der Waals surface area contributed by atoms with Crippen molar-refractivity contribution in [3.05, 3.63) is 65.6 Å². The Bertz CT molecular complexity index is 897. The minimum Gasteiger partial charge on any atom is -0.485 e. The first-order valence-electron chi connectivity index (χ1n) is 7.90. The van der Waals surface area contributed by atoms with E-state index in [9.17, 15) is 4.39 Å². The van der Waals surface area contributed by atoms with E-state index in [1.165, 1.54) is 6.07 Å². The van der Waals surface area contributed by atoms with Gasteiger partial charge in [0, 0.05) is 5.69 Å². The van der Waals surface area contributed by atoms with Crippen LogP contribution in [0, 0.1) is 12.7 Å². The summed E-state index contributed by atoms with van der Waals surface area (Å²) in [6.45, 7) is 2.38. The van der Waals surface area contributed by atoms with Crippen LogP contribution >= 0.6 is 0 Å². The van der Waals surface area contributed by atoms with Gasteiger partial charge in [0.25, 0.3) is 5.89 Å². The van der Waals surface area contributed by atoms with Crippen molar-refractivity contribution in [2.24, 2.45) is 0 Å². The van der Waals surface area contributed by atoms with Gasteiger partial charge in [-0.3, -0.25) is 0 Å². The summed E-state index contributed by atoms with van der Waals surface area (Å²) in [5.41, 5.74) is 1.36. The van der Waals surface area contributed by atoms with E-state index in [1.807, 2.05) is 24.3 Å². The molecule has 6 nitrogen and oxygen atoms in total. The minimum atomic E-state index is -0.441. The molecule has 0 radical (unpaired) electrons. The lowest BCUT2D eigenvalue weighted by Gasteiger charge is -2.23. The molecule has 1 atom stereocenters. The van der Waals surface area contributed by atoms with Crippen molar-refractivity contribution in [1.82, 2.24) is 10.1 Å².